The summed E-state index contributed by atoms with van der Waals surface area (Å²) in [6.45, 7) is 3.41. The molecule has 150 valence electrons. The summed E-state index contributed by atoms with van der Waals surface area (Å²) in [4.78, 5) is 19.0. The molecule has 0 saturated carbocycles. The van der Waals surface area contributed by atoms with Crippen molar-refractivity contribution in [1.29, 1.82) is 0 Å². The van der Waals surface area contributed by atoms with Gasteiger partial charge in [-0.25, -0.2) is 4.68 Å². The summed E-state index contributed by atoms with van der Waals surface area (Å²) in [7, 11) is 0. The minimum atomic E-state index is -0.0654. The Bertz CT molecular complexity index is 1040. The molecule has 29 heavy (non-hydrogen) atoms. The van der Waals surface area contributed by atoms with Crippen LogP contribution in [0.5, 0.6) is 0 Å². The van der Waals surface area contributed by atoms with Crippen LogP contribution in [-0.4, -0.2) is 47.0 Å². The highest BCUT2D eigenvalue weighted by Crippen LogP contribution is 2.23. The molecule has 0 radical (unpaired) electrons. The molecule has 0 amide bonds. The van der Waals surface area contributed by atoms with Gasteiger partial charge in [0.2, 0.25) is 0 Å². The lowest BCUT2D eigenvalue weighted by Gasteiger charge is -2.25. The molecule has 5 rings (SSSR count). The molecule has 0 N–H and O–H groups in total. The molecular formula is C21H25N7O. The summed E-state index contributed by atoms with van der Waals surface area (Å²) < 4.78 is 3.89. The van der Waals surface area contributed by atoms with Crippen molar-refractivity contribution in [1.82, 2.24) is 34.4 Å². The first kappa shape index (κ1) is 18.2. The molecule has 8 nitrogen and oxygen atoms in total. The third-order valence-corrected chi connectivity index (χ3v) is 5.99. The minimum absolute atomic E-state index is 0.0654. The Morgan fingerprint density at radius 3 is 2.93 bits per heavy atom. The Hall–Kier alpha value is -2.87. The zero-order chi connectivity index (χ0) is 19.6. The van der Waals surface area contributed by atoms with Crippen molar-refractivity contribution in [3.05, 3.63) is 58.7 Å². The van der Waals surface area contributed by atoms with E-state index in [2.05, 4.69) is 29.7 Å². The van der Waals surface area contributed by atoms with Crippen LogP contribution >= 0.6 is 0 Å². The van der Waals surface area contributed by atoms with Gasteiger partial charge in [0.1, 0.15) is 11.6 Å². The van der Waals surface area contributed by atoms with Crippen molar-refractivity contribution < 1.29 is 0 Å². The standard InChI is InChI=1S/C21H25N7O/c29-21-9-8-18(16-5-3-10-22-13-16)25-28(21)14-17-6-4-11-26(17)15-20-24-23-19-7-1-2-12-27(19)20/h3,5,8-10,13,17H,1-2,4,6-7,11-12,14-15H2. The highest BCUT2D eigenvalue weighted by atomic mass is 16.1. The van der Waals surface area contributed by atoms with E-state index in [4.69, 9.17) is 0 Å². The van der Waals surface area contributed by atoms with Gasteiger partial charge in [0.15, 0.2) is 0 Å². The Morgan fingerprint density at radius 1 is 1.07 bits per heavy atom. The lowest BCUT2D eigenvalue weighted by molar-refractivity contribution is 0.208. The predicted octanol–water partition coefficient (Wildman–Crippen LogP) is 1.90. The molecule has 2 aliphatic heterocycles. The highest BCUT2D eigenvalue weighted by Gasteiger charge is 2.28. The van der Waals surface area contributed by atoms with Gasteiger partial charge in [-0.1, -0.05) is 0 Å². The lowest BCUT2D eigenvalue weighted by Crippen LogP contribution is -2.37. The fourth-order valence-electron chi connectivity index (χ4n) is 4.42. The molecule has 1 unspecified atom stereocenters. The molecular weight excluding hydrogens is 366 g/mol. The predicted molar refractivity (Wildman–Crippen MR) is 108 cm³/mol. The fraction of sp³-hybridized carbons (Fsp3) is 0.476. The summed E-state index contributed by atoms with van der Waals surface area (Å²) in [5.41, 5.74) is 1.62. The van der Waals surface area contributed by atoms with E-state index in [1.54, 1.807) is 29.2 Å². The van der Waals surface area contributed by atoms with Gasteiger partial charge < -0.3 is 4.57 Å². The first-order valence-electron chi connectivity index (χ1n) is 10.4. The van der Waals surface area contributed by atoms with E-state index >= 15 is 0 Å². The molecule has 0 aliphatic carbocycles. The Kier molecular flexibility index (Phi) is 4.93. The lowest BCUT2D eigenvalue weighted by atomic mass is 10.1. The summed E-state index contributed by atoms with van der Waals surface area (Å²) in [5, 5.41) is 13.4. The largest absolute Gasteiger partial charge is 0.314 e. The van der Waals surface area contributed by atoms with Crippen LogP contribution in [0.3, 0.4) is 0 Å². The van der Waals surface area contributed by atoms with E-state index in [1.165, 1.54) is 12.8 Å². The van der Waals surface area contributed by atoms with E-state index in [0.29, 0.717) is 6.54 Å². The summed E-state index contributed by atoms with van der Waals surface area (Å²) >= 11 is 0. The second kappa shape index (κ2) is 7.87. The van der Waals surface area contributed by atoms with Crippen LogP contribution in [0, 0.1) is 0 Å². The van der Waals surface area contributed by atoms with E-state index in [9.17, 15) is 4.79 Å². The van der Waals surface area contributed by atoms with Crippen LogP contribution in [0.2, 0.25) is 0 Å². The summed E-state index contributed by atoms with van der Waals surface area (Å²) in [5.74, 6) is 2.17. The van der Waals surface area contributed by atoms with E-state index in [1.807, 2.05) is 12.1 Å². The van der Waals surface area contributed by atoms with Crippen molar-refractivity contribution in [2.45, 2.75) is 57.8 Å². The third-order valence-electron chi connectivity index (χ3n) is 5.99. The molecule has 1 atom stereocenters. The number of hydrogen-bond acceptors (Lipinski definition) is 6. The molecule has 0 bridgehead atoms. The molecule has 2 aliphatic rings. The van der Waals surface area contributed by atoms with Crippen LogP contribution in [-0.2, 0) is 26.1 Å². The maximum absolute atomic E-state index is 12.4. The second-order valence-corrected chi connectivity index (χ2v) is 7.89. The van der Waals surface area contributed by atoms with Crippen molar-refractivity contribution in [3.8, 4) is 11.3 Å². The van der Waals surface area contributed by atoms with Crippen molar-refractivity contribution >= 4 is 0 Å². The van der Waals surface area contributed by atoms with Crippen LogP contribution in [0.4, 0.5) is 0 Å². The van der Waals surface area contributed by atoms with Crippen LogP contribution < -0.4 is 5.56 Å². The quantitative estimate of drug-likeness (QED) is 0.661. The number of likely N-dealkylation sites (tertiary alicyclic amines) is 1. The Balaban J connectivity index is 1.35. The average Bonchev–Trinajstić information content (AvgIpc) is 3.38. The number of nitrogens with zero attached hydrogens (tertiary/aromatic N) is 7. The van der Waals surface area contributed by atoms with Crippen molar-refractivity contribution in [3.63, 3.8) is 0 Å². The van der Waals surface area contributed by atoms with Crippen LogP contribution in [0.15, 0.2) is 41.5 Å². The van der Waals surface area contributed by atoms with E-state index in [0.717, 1.165) is 61.8 Å². The van der Waals surface area contributed by atoms with Gasteiger partial charge >= 0.3 is 0 Å². The van der Waals surface area contributed by atoms with Gasteiger partial charge in [-0.2, -0.15) is 5.10 Å². The van der Waals surface area contributed by atoms with Gasteiger partial charge in [0.25, 0.3) is 5.56 Å². The number of pyridine rings is 1. The number of fused-ring (bicyclic) bond motifs is 1. The maximum Gasteiger partial charge on any atom is 0.266 e. The SMILES string of the molecule is O=c1ccc(-c2cccnc2)nn1CC1CCCN1Cc1nnc2n1CCCC2. The van der Waals surface area contributed by atoms with Crippen LogP contribution in [0.1, 0.15) is 37.3 Å². The van der Waals surface area contributed by atoms with Crippen molar-refractivity contribution in [2.24, 2.45) is 0 Å². The second-order valence-electron chi connectivity index (χ2n) is 7.89. The third kappa shape index (κ3) is 3.72. The summed E-state index contributed by atoms with van der Waals surface area (Å²) in [6, 6.07) is 7.49. The zero-order valence-corrected chi connectivity index (χ0v) is 16.4. The molecule has 1 fully saturated rings. The first-order chi connectivity index (χ1) is 14.3. The van der Waals surface area contributed by atoms with Gasteiger partial charge in [-0.05, 0) is 50.4 Å². The smallest absolute Gasteiger partial charge is 0.266 e. The number of hydrogen-bond donors (Lipinski definition) is 0. The fourth-order valence-corrected chi connectivity index (χ4v) is 4.42. The number of aromatic nitrogens is 6. The molecule has 0 aromatic carbocycles. The first-order valence-corrected chi connectivity index (χ1v) is 10.4. The molecule has 8 heteroatoms. The number of rotatable bonds is 5. The number of aryl methyl sites for hydroxylation is 1. The molecule has 5 heterocycles. The van der Waals surface area contributed by atoms with E-state index in [-0.39, 0.29) is 11.6 Å². The van der Waals surface area contributed by atoms with E-state index < -0.39 is 0 Å². The topological polar surface area (TPSA) is 81.7 Å². The van der Waals surface area contributed by atoms with Gasteiger partial charge in [0, 0.05) is 43.0 Å². The normalized spacial score (nSPS) is 19.4. The highest BCUT2D eigenvalue weighted by molar-refractivity contribution is 5.56. The Labute approximate surface area is 169 Å². The zero-order valence-electron chi connectivity index (χ0n) is 16.4. The molecule has 3 aromatic heterocycles. The average molecular weight is 391 g/mol. The maximum atomic E-state index is 12.4. The minimum Gasteiger partial charge on any atom is -0.314 e. The molecule has 0 spiro atoms. The Morgan fingerprint density at radius 2 is 2.03 bits per heavy atom. The molecule has 1 saturated heterocycles. The monoisotopic (exact) mass is 391 g/mol. The molecule has 3 aromatic rings. The van der Waals surface area contributed by atoms with Gasteiger partial charge in [0.05, 0.1) is 18.8 Å². The van der Waals surface area contributed by atoms with Gasteiger partial charge in [-0.15, -0.1) is 10.2 Å². The summed E-state index contributed by atoms with van der Waals surface area (Å²) in [6.07, 6.45) is 9.12. The van der Waals surface area contributed by atoms with Crippen LogP contribution in [0.25, 0.3) is 11.3 Å². The van der Waals surface area contributed by atoms with Crippen molar-refractivity contribution in [2.75, 3.05) is 6.54 Å². The van der Waals surface area contributed by atoms with Gasteiger partial charge in [-0.3, -0.25) is 14.7 Å².